The Morgan fingerprint density at radius 3 is 2.30 bits per heavy atom. The molecule has 0 bridgehead atoms. The van der Waals surface area contributed by atoms with Crippen LogP contribution in [-0.2, 0) is 16.0 Å². The van der Waals surface area contributed by atoms with Crippen LogP contribution in [0.2, 0.25) is 0 Å². The van der Waals surface area contributed by atoms with E-state index in [0.717, 1.165) is 48.4 Å². The molecule has 1 aromatic carbocycles. The van der Waals surface area contributed by atoms with E-state index in [-0.39, 0.29) is 5.97 Å². The van der Waals surface area contributed by atoms with Gasteiger partial charge in [0.2, 0.25) is 0 Å². The molecular formula is C19H29NO3. The van der Waals surface area contributed by atoms with Crippen molar-refractivity contribution in [1.82, 2.24) is 5.32 Å². The molecule has 0 radical (unpaired) electrons. The Balaban J connectivity index is 2.01. The van der Waals surface area contributed by atoms with E-state index in [2.05, 4.69) is 5.32 Å². The largest absolute Gasteiger partial charge is 0.496 e. The number of rotatable bonds is 5. The molecule has 1 aromatic rings. The number of hydrogen-bond acceptors (Lipinski definition) is 4. The summed E-state index contributed by atoms with van der Waals surface area (Å²) in [5.74, 6) is 1.15. The molecule has 2 rings (SSSR count). The molecule has 1 aliphatic heterocycles. The monoisotopic (exact) mass is 319 g/mol. The fourth-order valence-electron chi connectivity index (χ4n) is 3.56. The Hall–Kier alpha value is -1.55. The third-order valence-electron chi connectivity index (χ3n) is 4.77. The number of piperidine rings is 1. The van der Waals surface area contributed by atoms with Crippen molar-refractivity contribution in [3.63, 3.8) is 0 Å². The molecular weight excluding hydrogens is 290 g/mol. The molecule has 1 saturated heterocycles. The van der Waals surface area contributed by atoms with Gasteiger partial charge >= 0.3 is 5.97 Å². The second-order valence-electron chi connectivity index (χ2n) is 7.04. The quantitative estimate of drug-likeness (QED) is 0.847. The minimum absolute atomic E-state index is 0.155. The summed E-state index contributed by atoms with van der Waals surface area (Å²) in [7, 11) is 1.67. The van der Waals surface area contributed by atoms with Crippen LogP contribution in [0.1, 0.15) is 43.4 Å². The predicted octanol–water partition coefficient (Wildman–Crippen LogP) is 3.18. The van der Waals surface area contributed by atoms with Gasteiger partial charge in [0.25, 0.3) is 0 Å². The van der Waals surface area contributed by atoms with Gasteiger partial charge in [-0.2, -0.15) is 0 Å². The minimum Gasteiger partial charge on any atom is -0.496 e. The van der Waals surface area contributed by atoms with Crippen LogP contribution in [0.4, 0.5) is 0 Å². The smallest absolute Gasteiger partial charge is 0.310 e. The third kappa shape index (κ3) is 4.47. The standard InChI is InChI=1S/C19H29NO3/c1-13-10-15(11-14(2)18(13)22-5)12-17(21)23-19(3,4)16-6-8-20-9-7-16/h10-11,16,20H,6-9,12H2,1-5H3. The van der Waals surface area contributed by atoms with E-state index in [0.29, 0.717) is 12.3 Å². The Labute approximate surface area is 139 Å². The van der Waals surface area contributed by atoms with Gasteiger partial charge in [-0.05, 0) is 70.3 Å². The maximum atomic E-state index is 12.4. The predicted molar refractivity (Wildman–Crippen MR) is 91.9 cm³/mol. The van der Waals surface area contributed by atoms with Gasteiger partial charge in [0.1, 0.15) is 11.4 Å². The molecule has 0 aliphatic carbocycles. The highest BCUT2D eigenvalue weighted by Gasteiger charge is 2.34. The first kappa shape index (κ1) is 17.8. The SMILES string of the molecule is COc1c(C)cc(CC(=O)OC(C)(C)C2CCNCC2)cc1C. The van der Waals surface area contributed by atoms with Crippen LogP contribution in [0.15, 0.2) is 12.1 Å². The molecule has 0 aromatic heterocycles. The summed E-state index contributed by atoms with van der Waals surface area (Å²) >= 11 is 0. The summed E-state index contributed by atoms with van der Waals surface area (Å²) < 4.78 is 11.2. The zero-order valence-electron chi connectivity index (χ0n) is 15.0. The van der Waals surface area contributed by atoms with E-state index >= 15 is 0 Å². The van der Waals surface area contributed by atoms with Gasteiger partial charge in [-0.3, -0.25) is 4.79 Å². The first-order valence-corrected chi connectivity index (χ1v) is 8.40. The average Bonchev–Trinajstić information content (AvgIpc) is 2.47. The van der Waals surface area contributed by atoms with Gasteiger partial charge in [0, 0.05) is 5.92 Å². The van der Waals surface area contributed by atoms with Crippen LogP contribution in [-0.4, -0.2) is 31.8 Å². The number of ether oxygens (including phenoxy) is 2. The topological polar surface area (TPSA) is 47.6 Å². The lowest BCUT2D eigenvalue weighted by Gasteiger charge is -2.36. The zero-order chi connectivity index (χ0) is 17.0. The number of carbonyl (C=O) groups is 1. The molecule has 1 aliphatic rings. The molecule has 23 heavy (non-hydrogen) atoms. The Morgan fingerprint density at radius 2 is 1.78 bits per heavy atom. The summed E-state index contributed by atoms with van der Waals surface area (Å²) in [5, 5.41) is 3.35. The Bertz CT molecular complexity index is 537. The summed E-state index contributed by atoms with van der Waals surface area (Å²) in [4.78, 5) is 12.4. The van der Waals surface area contributed by atoms with Crippen molar-refractivity contribution < 1.29 is 14.3 Å². The van der Waals surface area contributed by atoms with Crippen LogP contribution in [0.25, 0.3) is 0 Å². The zero-order valence-corrected chi connectivity index (χ0v) is 15.0. The molecule has 0 unspecified atom stereocenters. The molecule has 4 heteroatoms. The van der Waals surface area contributed by atoms with E-state index in [9.17, 15) is 4.79 Å². The molecule has 0 spiro atoms. The van der Waals surface area contributed by atoms with Crippen molar-refractivity contribution in [3.05, 3.63) is 28.8 Å². The van der Waals surface area contributed by atoms with Crippen molar-refractivity contribution in [3.8, 4) is 5.75 Å². The van der Waals surface area contributed by atoms with Crippen LogP contribution < -0.4 is 10.1 Å². The lowest BCUT2D eigenvalue weighted by atomic mass is 9.83. The second kappa shape index (κ2) is 7.35. The second-order valence-corrected chi connectivity index (χ2v) is 7.04. The normalized spacial score (nSPS) is 16.2. The summed E-state index contributed by atoms with van der Waals surface area (Å²) in [6.07, 6.45) is 2.42. The Kier molecular flexibility index (Phi) is 5.69. The van der Waals surface area contributed by atoms with E-state index in [1.807, 2.05) is 39.8 Å². The van der Waals surface area contributed by atoms with Crippen LogP contribution in [0.3, 0.4) is 0 Å². The van der Waals surface area contributed by atoms with Gasteiger partial charge in [-0.1, -0.05) is 12.1 Å². The first-order valence-electron chi connectivity index (χ1n) is 8.40. The molecule has 0 atom stereocenters. The van der Waals surface area contributed by atoms with Crippen molar-refractivity contribution in [1.29, 1.82) is 0 Å². The lowest BCUT2D eigenvalue weighted by molar-refractivity contribution is -0.161. The van der Waals surface area contributed by atoms with Crippen molar-refractivity contribution in [2.45, 2.75) is 52.6 Å². The highest BCUT2D eigenvalue weighted by Crippen LogP contribution is 2.30. The van der Waals surface area contributed by atoms with Gasteiger partial charge in [-0.25, -0.2) is 0 Å². The van der Waals surface area contributed by atoms with Crippen LogP contribution in [0.5, 0.6) is 5.75 Å². The summed E-state index contributed by atoms with van der Waals surface area (Å²) in [6.45, 7) is 10.1. The van der Waals surface area contributed by atoms with Gasteiger partial charge in [-0.15, -0.1) is 0 Å². The molecule has 0 saturated carbocycles. The maximum Gasteiger partial charge on any atom is 0.310 e. The number of aryl methyl sites for hydroxylation is 2. The van der Waals surface area contributed by atoms with Crippen molar-refractivity contribution in [2.75, 3.05) is 20.2 Å². The Morgan fingerprint density at radius 1 is 1.22 bits per heavy atom. The van der Waals surface area contributed by atoms with E-state index < -0.39 is 5.60 Å². The van der Waals surface area contributed by atoms with Gasteiger partial charge < -0.3 is 14.8 Å². The van der Waals surface area contributed by atoms with Crippen LogP contribution in [0, 0.1) is 19.8 Å². The van der Waals surface area contributed by atoms with E-state index in [4.69, 9.17) is 9.47 Å². The number of nitrogens with one attached hydrogen (secondary N) is 1. The van der Waals surface area contributed by atoms with E-state index in [1.165, 1.54) is 0 Å². The maximum absolute atomic E-state index is 12.4. The van der Waals surface area contributed by atoms with Crippen molar-refractivity contribution >= 4 is 5.97 Å². The fraction of sp³-hybridized carbons (Fsp3) is 0.632. The summed E-state index contributed by atoms with van der Waals surface area (Å²) in [5.41, 5.74) is 2.67. The van der Waals surface area contributed by atoms with E-state index in [1.54, 1.807) is 7.11 Å². The molecule has 4 nitrogen and oxygen atoms in total. The van der Waals surface area contributed by atoms with Gasteiger partial charge in [0.15, 0.2) is 0 Å². The number of benzene rings is 1. The molecule has 1 fully saturated rings. The number of methoxy groups -OCH3 is 1. The molecule has 0 amide bonds. The highest BCUT2D eigenvalue weighted by atomic mass is 16.6. The average molecular weight is 319 g/mol. The van der Waals surface area contributed by atoms with Gasteiger partial charge in [0.05, 0.1) is 13.5 Å². The summed E-state index contributed by atoms with van der Waals surface area (Å²) in [6, 6.07) is 4.01. The highest BCUT2D eigenvalue weighted by molar-refractivity contribution is 5.73. The fourth-order valence-corrected chi connectivity index (χ4v) is 3.56. The molecule has 1 heterocycles. The number of hydrogen-bond donors (Lipinski definition) is 1. The number of esters is 1. The van der Waals surface area contributed by atoms with Crippen molar-refractivity contribution in [2.24, 2.45) is 5.92 Å². The molecule has 1 N–H and O–H groups in total. The molecule has 128 valence electrons. The third-order valence-corrected chi connectivity index (χ3v) is 4.77. The van der Waals surface area contributed by atoms with Crippen LogP contribution >= 0.6 is 0 Å². The minimum atomic E-state index is -0.407. The lowest BCUT2D eigenvalue weighted by Crippen LogP contribution is -2.43. The number of carbonyl (C=O) groups excluding carboxylic acids is 1. The first-order chi connectivity index (χ1) is 10.8.